The average molecular weight is 462 g/mol. The molecule has 182 valence electrons. The predicted octanol–water partition coefficient (Wildman–Crippen LogP) is 6.44. The number of hydrogen-bond acceptors (Lipinski definition) is 4. The zero-order valence-electron chi connectivity index (χ0n) is 20.9. The summed E-state index contributed by atoms with van der Waals surface area (Å²) >= 11 is 0. The number of rotatable bonds is 10. The normalized spacial score (nSPS) is 24.5. The van der Waals surface area contributed by atoms with Gasteiger partial charge in [-0.15, -0.1) is 0 Å². The highest BCUT2D eigenvalue weighted by Gasteiger charge is 2.40. The first-order valence-electron chi connectivity index (χ1n) is 12.9. The van der Waals surface area contributed by atoms with Crippen molar-refractivity contribution in [1.82, 2.24) is 5.32 Å². The van der Waals surface area contributed by atoms with Crippen molar-refractivity contribution in [3.63, 3.8) is 0 Å². The quantitative estimate of drug-likeness (QED) is 0.413. The zero-order chi connectivity index (χ0) is 23.9. The van der Waals surface area contributed by atoms with Crippen molar-refractivity contribution < 1.29 is 14.3 Å². The van der Waals surface area contributed by atoms with Crippen LogP contribution in [0.5, 0.6) is 5.75 Å². The molecule has 0 aliphatic heterocycles. The molecule has 2 aliphatic rings. The Morgan fingerprint density at radius 1 is 1.06 bits per heavy atom. The number of ether oxygens (including phenoxy) is 2. The molecular weight excluding hydrogens is 422 g/mol. The van der Waals surface area contributed by atoms with Gasteiger partial charge in [-0.05, 0) is 86.5 Å². The molecule has 0 amide bonds. The van der Waals surface area contributed by atoms with Gasteiger partial charge >= 0.3 is 5.97 Å². The number of carbonyl (C=O) groups is 1. The molecule has 0 spiro atoms. The monoisotopic (exact) mass is 461 g/mol. The fourth-order valence-corrected chi connectivity index (χ4v) is 5.50. The van der Waals surface area contributed by atoms with Gasteiger partial charge in [0.2, 0.25) is 0 Å². The van der Waals surface area contributed by atoms with Gasteiger partial charge in [-0.2, -0.15) is 0 Å². The van der Waals surface area contributed by atoms with E-state index in [2.05, 4.69) is 48.6 Å². The number of carbonyl (C=O) groups excluding carboxylic acids is 1. The number of methoxy groups -OCH3 is 2. The van der Waals surface area contributed by atoms with Crippen molar-refractivity contribution in [3.8, 4) is 5.75 Å². The van der Waals surface area contributed by atoms with Gasteiger partial charge in [-0.3, -0.25) is 0 Å². The molecule has 1 N–H and O–H groups in total. The van der Waals surface area contributed by atoms with Crippen molar-refractivity contribution in [2.45, 2.75) is 70.4 Å². The summed E-state index contributed by atoms with van der Waals surface area (Å²) < 4.78 is 10.4. The first-order valence-corrected chi connectivity index (χ1v) is 12.9. The van der Waals surface area contributed by atoms with Gasteiger partial charge in [0.15, 0.2) is 0 Å². The Morgan fingerprint density at radius 3 is 2.50 bits per heavy atom. The lowest BCUT2D eigenvalue weighted by Crippen LogP contribution is -2.35. The third-order valence-electron chi connectivity index (χ3n) is 7.65. The molecular formula is C30H39NO3. The largest absolute Gasteiger partial charge is 0.496 e. The molecule has 0 aromatic heterocycles. The van der Waals surface area contributed by atoms with Gasteiger partial charge in [-0.25, -0.2) is 4.79 Å². The van der Waals surface area contributed by atoms with Crippen molar-refractivity contribution in [2.75, 3.05) is 14.2 Å². The lowest BCUT2D eigenvalue weighted by Gasteiger charge is -2.29. The zero-order valence-corrected chi connectivity index (χ0v) is 20.9. The van der Waals surface area contributed by atoms with Crippen molar-refractivity contribution >= 4 is 12.0 Å². The summed E-state index contributed by atoms with van der Waals surface area (Å²) in [5.41, 5.74) is 4.62. The SMILES string of the molecule is CC/C(=C\c1ccccc1)[C@@H]1C[C@H]1NC1CCC(CCc2ccc(C(=O)OC)cc2OC)CC1. The maximum absolute atomic E-state index is 11.8. The van der Waals surface area contributed by atoms with E-state index < -0.39 is 0 Å². The molecule has 4 rings (SSSR count). The fraction of sp³-hybridized carbons (Fsp3) is 0.500. The summed E-state index contributed by atoms with van der Waals surface area (Å²) in [6.45, 7) is 2.29. The van der Waals surface area contributed by atoms with Crippen LogP contribution < -0.4 is 10.1 Å². The summed E-state index contributed by atoms with van der Waals surface area (Å²) in [7, 11) is 3.07. The summed E-state index contributed by atoms with van der Waals surface area (Å²) in [5, 5.41) is 3.97. The maximum atomic E-state index is 11.8. The van der Waals surface area contributed by atoms with Crippen LogP contribution in [-0.4, -0.2) is 32.3 Å². The number of aryl methyl sites for hydroxylation is 1. The second kappa shape index (κ2) is 11.7. The minimum absolute atomic E-state index is 0.324. The van der Waals surface area contributed by atoms with Gasteiger partial charge < -0.3 is 14.8 Å². The van der Waals surface area contributed by atoms with Crippen molar-refractivity contribution in [3.05, 3.63) is 70.8 Å². The van der Waals surface area contributed by atoms with E-state index in [9.17, 15) is 4.79 Å². The van der Waals surface area contributed by atoms with E-state index in [0.717, 1.165) is 24.5 Å². The molecule has 4 heteroatoms. The van der Waals surface area contributed by atoms with Crippen LogP contribution in [0.25, 0.3) is 6.08 Å². The van der Waals surface area contributed by atoms with Gasteiger partial charge in [0.1, 0.15) is 5.75 Å². The lowest BCUT2D eigenvalue weighted by molar-refractivity contribution is 0.0600. The van der Waals surface area contributed by atoms with E-state index in [0.29, 0.717) is 23.6 Å². The minimum Gasteiger partial charge on any atom is -0.496 e. The third-order valence-corrected chi connectivity index (χ3v) is 7.65. The molecule has 34 heavy (non-hydrogen) atoms. The third kappa shape index (κ3) is 6.29. The number of hydrogen-bond donors (Lipinski definition) is 1. The van der Waals surface area contributed by atoms with Crippen LogP contribution in [0.4, 0.5) is 0 Å². The maximum Gasteiger partial charge on any atom is 0.337 e. The van der Waals surface area contributed by atoms with E-state index in [-0.39, 0.29) is 5.97 Å². The molecule has 2 fully saturated rings. The van der Waals surface area contributed by atoms with E-state index >= 15 is 0 Å². The molecule has 2 aliphatic carbocycles. The Balaban J connectivity index is 1.22. The van der Waals surface area contributed by atoms with Crippen LogP contribution in [0.15, 0.2) is 54.1 Å². The molecule has 0 bridgehead atoms. The molecule has 0 heterocycles. The Hall–Kier alpha value is -2.59. The van der Waals surface area contributed by atoms with Gasteiger partial charge in [0.25, 0.3) is 0 Å². The minimum atomic E-state index is -0.324. The molecule has 4 nitrogen and oxygen atoms in total. The van der Waals surface area contributed by atoms with Crippen LogP contribution in [0.2, 0.25) is 0 Å². The van der Waals surface area contributed by atoms with Crippen LogP contribution in [0, 0.1) is 11.8 Å². The second-order valence-electron chi connectivity index (χ2n) is 9.87. The molecule has 2 saturated carbocycles. The first-order chi connectivity index (χ1) is 16.6. The smallest absolute Gasteiger partial charge is 0.337 e. The molecule has 0 saturated heterocycles. The summed E-state index contributed by atoms with van der Waals surface area (Å²) in [4.78, 5) is 11.8. The van der Waals surface area contributed by atoms with Crippen LogP contribution in [-0.2, 0) is 11.2 Å². The van der Waals surface area contributed by atoms with E-state index in [1.807, 2.05) is 12.1 Å². The first kappa shape index (κ1) is 24.5. The fourth-order valence-electron chi connectivity index (χ4n) is 5.50. The van der Waals surface area contributed by atoms with Gasteiger partial charge in [0, 0.05) is 12.1 Å². The molecule has 2 aromatic rings. The Morgan fingerprint density at radius 2 is 1.82 bits per heavy atom. The Labute approximate surface area is 204 Å². The van der Waals surface area contributed by atoms with E-state index in [1.165, 1.54) is 56.8 Å². The number of nitrogens with one attached hydrogen (secondary N) is 1. The molecule has 0 unspecified atom stereocenters. The summed E-state index contributed by atoms with van der Waals surface area (Å²) in [6, 6.07) is 17.7. The number of benzene rings is 2. The lowest BCUT2D eigenvalue weighted by atomic mass is 9.82. The number of esters is 1. The average Bonchev–Trinajstić information content (AvgIpc) is 3.65. The molecule has 0 radical (unpaired) electrons. The molecule has 2 aromatic carbocycles. The van der Waals surface area contributed by atoms with Crippen molar-refractivity contribution in [1.29, 1.82) is 0 Å². The highest BCUT2D eigenvalue weighted by Crippen LogP contribution is 2.41. The molecule has 2 atom stereocenters. The topological polar surface area (TPSA) is 47.6 Å². The second-order valence-corrected chi connectivity index (χ2v) is 9.87. The van der Waals surface area contributed by atoms with Crippen molar-refractivity contribution in [2.24, 2.45) is 11.8 Å². The van der Waals surface area contributed by atoms with Gasteiger partial charge in [-0.1, -0.05) is 55.0 Å². The van der Waals surface area contributed by atoms with Crippen LogP contribution >= 0.6 is 0 Å². The standard InChI is InChI=1S/C30H39NO3/c1-4-23(18-22-8-6-5-7-9-22)27-20-28(27)31-26-16-11-21(12-17-26)10-13-24-14-15-25(30(32)34-3)19-29(24)33-2/h5-9,14-15,18-19,21,26-28,31H,4,10-13,16-17,20H2,1-3H3/b23-18+/t21?,26?,27-,28+/m0/s1. The Kier molecular flexibility index (Phi) is 8.44. The van der Waals surface area contributed by atoms with Crippen LogP contribution in [0.1, 0.15) is 73.4 Å². The van der Waals surface area contributed by atoms with E-state index in [4.69, 9.17) is 9.47 Å². The predicted molar refractivity (Wildman–Crippen MR) is 138 cm³/mol. The van der Waals surface area contributed by atoms with E-state index in [1.54, 1.807) is 18.7 Å². The summed E-state index contributed by atoms with van der Waals surface area (Å²) in [6.07, 6.45) is 12.1. The van der Waals surface area contributed by atoms with Gasteiger partial charge in [0.05, 0.1) is 19.8 Å². The van der Waals surface area contributed by atoms with Crippen LogP contribution in [0.3, 0.4) is 0 Å². The Bertz CT molecular complexity index is 976. The summed E-state index contributed by atoms with van der Waals surface area (Å²) in [5.74, 6) is 1.94. The highest BCUT2D eigenvalue weighted by atomic mass is 16.5. The highest BCUT2D eigenvalue weighted by molar-refractivity contribution is 5.89.